The predicted molar refractivity (Wildman–Crippen MR) is 127 cm³/mol. The van der Waals surface area contributed by atoms with E-state index in [4.69, 9.17) is 4.99 Å². The minimum Gasteiger partial charge on any atom is -0.299 e. The Hall–Kier alpha value is -3.26. The molecule has 8 heteroatoms. The summed E-state index contributed by atoms with van der Waals surface area (Å²) in [6.07, 6.45) is 20.1. The van der Waals surface area contributed by atoms with E-state index in [1.807, 2.05) is 36.5 Å². The second-order valence-corrected chi connectivity index (χ2v) is 9.02. The van der Waals surface area contributed by atoms with E-state index in [0.29, 0.717) is 6.04 Å². The number of aliphatic imine (C=N–C) groups is 1. The minimum atomic E-state index is 0.0382. The van der Waals surface area contributed by atoms with Gasteiger partial charge in [0.05, 0.1) is 24.0 Å². The third-order valence-corrected chi connectivity index (χ3v) is 6.79. The van der Waals surface area contributed by atoms with Crippen LogP contribution in [0.4, 0.5) is 0 Å². The molecule has 1 saturated heterocycles. The minimum absolute atomic E-state index is 0.0382. The Kier molecular flexibility index (Phi) is 4.68. The van der Waals surface area contributed by atoms with Crippen LogP contribution in [0.2, 0.25) is 0 Å². The molecule has 32 heavy (non-hydrogen) atoms. The Labute approximate surface area is 188 Å². The third-order valence-electron chi connectivity index (χ3n) is 6.79. The highest BCUT2D eigenvalue weighted by Gasteiger charge is 2.31. The lowest BCUT2D eigenvalue weighted by Crippen LogP contribution is -2.47. The molecule has 0 aromatic carbocycles. The maximum absolute atomic E-state index is 4.81. The number of likely N-dealkylation sites (N-methyl/N-ethyl adjacent to an activating group) is 1. The first-order chi connectivity index (χ1) is 15.7. The van der Waals surface area contributed by atoms with Gasteiger partial charge in [-0.3, -0.25) is 20.0 Å². The van der Waals surface area contributed by atoms with E-state index in [2.05, 4.69) is 67.7 Å². The molecular formula is C24H28N8. The molecule has 1 N–H and O–H groups in total. The Morgan fingerprint density at radius 3 is 2.94 bits per heavy atom. The van der Waals surface area contributed by atoms with E-state index in [1.165, 1.54) is 5.57 Å². The lowest BCUT2D eigenvalue weighted by atomic mass is 9.86. The molecule has 164 valence electrons. The number of hydrogen-bond acceptors (Lipinski definition) is 7. The summed E-state index contributed by atoms with van der Waals surface area (Å²) < 4.78 is 2.11. The van der Waals surface area contributed by atoms with Crippen LogP contribution in [-0.2, 0) is 0 Å². The monoisotopic (exact) mass is 428 g/mol. The summed E-state index contributed by atoms with van der Waals surface area (Å²) in [7, 11) is 0. The summed E-state index contributed by atoms with van der Waals surface area (Å²) in [5.74, 6) is 1.12. The quantitative estimate of drug-likeness (QED) is 0.782. The van der Waals surface area contributed by atoms with Gasteiger partial charge in [0.1, 0.15) is 6.17 Å². The zero-order valence-corrected chi connectivity index (χ0v) is 18.5. The van der Waals surface area contributed by atoms with Gasteiger partial charge in [-0.15, -0.1) is 0 Å². The first-order valence-electron chi connectivity index (χ1n) is 11.4. The number of hydrogen-bond donors (Lipinski definition) is 1. The van der Waals surface area contributed by atoms with Crippen LogP contribution < -0.4 is 5.43 Å². The van der Waals surface area contributed by atoms with Crippen LogP contribution >= 0.6 is 0 Å². The number of rotatable bonds is 5. The fraction of sp³-hybridized carbons (Fsp3) is 0.417. The van der Waals surface area contributed by atoms with Gasteiger partial charge in [-0.2, -0.15) is 15.3 Å². The van der Waals surface area contributed by atoms with E-state index < -0.39 is 0 Å². The number of fused-ring (bicyclic) bond motifs is 2. The molecule has 5 aliphatic rings. The zero-order valence-electron chi connectivity index (χ0n) is 18.5. The number of dihydropyridines is 1. The SMILES string of the molecule is CCN1CC(n2cc(C3=CC4C=C(CC5NN=C6C=CC(C)=NN65)C=CC4N=C3)cn2)C1. The topological polar surface area (TPSA) is 73.4 Å². The second kappa shape index (κ2) is 7.70. The number of aromatic nitrogens is 2. The van der Waals surface area contributed by atoms with Gasteiger partial charge in [-0.1, -0.05) is 31.2 Å². The van der Waals surface area contributed by atoms with Crippen molar-refractivity contribution >= 4 is 23.3 Å². The highest BCUT2D eigenvalue weighted by Crippen LogP contribution is 2.31. The number of amidine groups is 1. The molecule has 0 saturated carbocycles. The third kappa shape index (κ3) is 3.44. The molecule has 1 aromatic rings. The van der Waals surface area contributed by atoms with Crippen LogP contribution in [0.5, 0.6) is 0 Å². The fourth-order valence-electron chi connectivity index (χ4n) is 4.82. The van der Waals surface area contributed by atoms with Crippen LogP contribution in [0.25, 0.3) is 5.57 Å². The molecule has 1 fully saturated rings. The Balaban J connectivity index is 1.16. The number of nitrogens with one attached hydrogen (secondary N) is 1. The van der Waals surface area contributed by atoms with Crippen LogP contribution in [0.15, 0.2) is 69.6 Å². The van der Waals surface area contributed by atoms with E-state index in [0.717, 1.165) is 48.7 Å². The van der Waals surface area contributed by atoms with Gasteiger partial charge < -0.3 is 0 Å². The molecule has 1 aromatic heterocycles. The van der Waals surface area contributed by atoms with Crippen molar-refractivity contribution in [1.29, 1.82) is 0 Å². The Bertz CT molecular complexity index is 1120. The lowest BCUT2D eigenvalue weighted by Gasteiger charge is -2.38. The summed E-state index contributed by atoms with van der Waals surface area (Å²) in [5, 5.41) is 15.6. The fourth-order valence-corrected chi connectivity index (χ4v) is 4.82. The van der Waals surface area contributed by atoms with Crippen LogP contribution in [-0.4, -0.2) is 69.3 Å². The van der Waals surface area contributed by atoms with Crippen LogP contribution in [0.1, 0.15) is 31.9 Å². The number of hydrazone groups is 2. The molecule has 1 aliphatic carbocycles. The summed E-state index contributed by atoms with van der Waals surface area (Å²) in [6.45, 7) is 7.49. The first kappa shape index (κ1) is 19.4. The maximum Gasteiger partial charge on any atom is 0.170 e. The maximum atomic E-state index is 4.81. The zero-order chi connectivity index (χ0) is 21.7. The normalized spacial score (nSPS) is 28.9. The van der Waals surface area contributed by atoms with E-state index >= 15 is 0 Å². The van der Waals surface area contributed by atoms with Gasteiger partial charge in [-0.25, -0.2) is 5.01 Å². The van der Waals surface area contributed by atoms with Crippen LogP contribution in [0.3, 0.4) is 0 Å². The highest BCUT2D eigenvalue weighted by molar-refractivity contribution is 6.10. The average Bonchev–Trinajstić information content (AvgIpc) is 3.40. The predicted octanol–water partition coefficient (Wildman–Crippen LogP) is 2.59. The molecule has 3 atom stereocenters. The smallest absolute Gasteiger partial charge is 0.170 e. The van der Waals surface area contributed by atoms with Gasteiger partial charge in [0.15, 0.2) is 5.84 Å². The first-order valence-corrected chi connectivity index (χ1v) is 11.4. The van der Waals surface area contributed by atoms with Crippen molar-refractivity contribution in [2.45, 2.75) is 38.5 Å². The molecule has 0 bridgehead atoms. The van der Waals surface area contributed by atoms with Crippen molar-refractivity contribution < 1.29 is 0 Å². The second-order valence-electron chi connectivity index (χ2n) is 9.02. The molecule has 0 spiro atoms. The summed E-state index contributed by atoms with van der Waals surface area (Å²) in [5.41, 5.74) is 7.79. The standard InChI is InChI=1S/C24H28N8/c1-3-30-14-21(15-30)31-13-20(12-26-31)19-10-18-8-17(5-6-22(18)25-11-19)9-24-28-27-23-7-4-16(2)29-32(23)24/h4-8,10-13,18,21-22,24,28H,3,9,14-15H2,1-2H3. The lowest BCUT2D eigenvalue weighted by molar-refractivity contribution is 0.105. The molecule has 5 heterocycles. The molecule has 0 radical (unpaired) electrons. The van der Waals surface area contributed by atoms with Gasteiger partial charge >= 0.3 is 0 Å². The molecular weight excluding hydrogens is 400 g/mol. The summed E-state index contributed by atoms with van der Waals surface area (Å²) in [6, 6.07) is 0.660. The van der Waals surface area contributed by atoms with Gasteiger partial charge in [-0.05, 0) is 36.8 Å². The molecule has 3 unspecified atom stereocenters. The molecule has 4 aliphatic heterocycles. The number of likely N-dealkylation sites (tertiary alicyclic amines) is 1. The largest absolute Gasteiger partial charge is 0.299 e. The van der Waals surface area contributed by atoms with Crippen LogP contribution in [0, 0.1) is 5.92 Å². The van der Waals surface area contributed by atoms with Gasteiger partial charge in [0, 0.05) is 43.4 Å². The molecule has 0 amide bonds. The average molecular weight is 429 g/mol. The van der Waals surface area contributed by atoms with Crippen molar-refractivity contribution in [3.63, 3.8) is 0 Å². The van der Waals surface area contributed by atoms with Crippen molar-refractivity contribution in [1.82, 2.24) is 25.1 Å². The Morgan fingerprint density at radius 1 is 1.16 bits per heavy atom. The molecule has 6 rings (SSSR count). The summed E-state index contributed by atoms with van der Waals surface area (Å²) >= 11 is 0. The van der Waals surface area contributed by atoms with E-state index in [9.17, 15) is 0 Å². The van der Waals surface area contributed by atoms with Gasteiger partial charge in [0.2, 0.25) is 0 Å². The van der Waals surface area contributed by atoms with Crippen molar-refractivity contribution in [3.05, 3.63) is 60.0 Å². The van der Waals surface area contributed by atoms with Crippen molar-refractivity contribution in [2.24, 2.45) is 21.1 Å². The van der Waals surface area contributed by atoms with E-state index in [-0.39, 0.29) is 18.1 Å². The van der Waals surface area contributed by atoms with Crippen molar-refractivity contribution in [3.8, 4) is 0 Å². The Morgan fingerprint density at radius 2 is 2.06 bits per heavy atom. The van der Waals surface area contributed by atoms with E-state index in [1.54, 1.807) is 0 Å². The highest BCUT2D eigenvalue weighted by atomic mass is 15.6. The molecule has 8 nitrogen and oxygen atoms in total. The summed E-state index contributed by atoms with van der Waals surface area (Å²) in [4.78, 5) is 7.24. The van der Waals surface area contributed by atoms with Gasteiger partial charge in [0.25, 0.3) is 0 Å². The number of allylic oxidation sites excluding steroid dienone is 3. The number of nitrogens with zero attached hydrogens (tertiary/aromatic N) is 7. The van der Waals surface area contributed by atoms with Crippen molar-refractivity contribution in [2.75, 3.05) is 19.6 Å².